The number of carbonyl (C=O) groups excluding carboxylic acids is 1. The molecule has 1 aliphatic heterocycles. The molecule has 2 aliphatic rings. The summed E-state index contributed by atoms with van der Waals surface area (Å²) in [6.07, 6.45) is 2.84. The highest BCUT2D eigenvalue weighted by atomic mass is 35.5. The summed E-state index contributed by atoms with van der Waals surface area (Å²) in [6.45, 7) is 2.03. The van der Waals surface area contributed by atoms with Crippen LogP contribution in [0.25, 0.3) is 0 Å². The second-order valence-corrected chi connectivity index (χ2v) is 10.3. The maximum absolute atomic E-state index is 12.7. The topological polar surface area (TPSA) is 113 Å². The molecule has 5 rings (SSSR count). The van der Waals surface area contributed by atoms with Gasteiger partial charge in [0.25, 0.3) is 5.91 Å². The van der Waals surface area contributed by atoms with E-state index < -0.39 is 18.4 Å². The molecule has 1 amide bonds. The first-order valence-corrected chi connectivity index (χ1v) is 13.2. The van der Waals surface area contributed by atoms with Gasteiger partial charge in [-0.15, -0.1) is 0 Å². The number of fused-ring (bicyclic) bond motifs is 1. The van der Waals surface area contributed by atoms with Crippen molar-refractivity contribution in [1.29, 1.82) is 0 Å². The molecule has 0 spiro atoms. The molecule has 39 heavy (non-hydrogen) atoms. The minimum atomic E-state index is -2.30. The Labute approximate surface area is 229 Å². The molecule has 1 unspecified atom stereocenters. The number of hydrogen-bond donors (Lipinski definition) is 3. The molecule has 1 fully saturated rings. The Bertz CT molecular complexity index is 1270. The van der Waals surface area contributed by atoms with Crippen molar-refractivity contribution >= 4 is 23.3 Å². The molecule has 3 heterocycles. The number of benzene rings is 1. The molecule has 0 bridgehead atoms. The molecule has 1 saturated carbocycles. The Hall–Kier alpha value is -3.28. The first-order chi connectivity index (χ1) is 18.9. The first-order valence-electron chi connectivity index (χ1n) is 12.9. The standard InChI is InChI=1S/C27H30ClF2N5O4/c28-25-22-4-6-35(12-17(22)1-2-23(25)38-14-21-11-31-15-39-21)13-20(36)10-33-27(37)16-3-5-32-24(9-16)34-19-7-18(8-19)26(29)30/h1-3,5,9,11,15,18-20,26,36H,4,6-8,10,12-14H2,(H,32,34)(H,33,37). The molecule has 1 atom stereocenters. The first kappa shape index (κ1) is 27.3. The van der Waals surface area contributed by atoms with E-state index in [1.807, 2.05) is 12.1 Å². The van der Waals surface area contributed by atoms with Crippen LogP contribution in [0.3, 0.4) is 0 Å². The van der Waals surface area contributed by atoms with Crippen LogP contribution in [0.1, 0.15) is 40.1 Å². The number of nitrogens with one attached hydrogen (secondary N) is 2. The van der Waals surface area contributed by atoms with Crippen LogP contribution in [0.15, 0.2) is 47.5 Å². The van der Waals surface area contributed by atoms with Gasteiger partial charge in [0.2, 0.25) is 6.43 Å². The minimum Gasteiger partial charge on any atom is -0.484 e. The zero-order valence-corrected chi connectivity index (χ0v) is 21.9. The van der Waals surface area contributed by atoms with Crippen LogP contribution in [0.2, 0.25) is 5.02 Å². The fourth-order valence-electron chi connectivity index (χ4n) is 4.90. The molecule has 9 nitrogen and oxygen atoms in total. The summed E-state index contributed by atoms with van der Waals surface area (Å²) in [4.78, 5) is 22.8. The fraction of sp³-hybridized carbons (Fsp3) is 0.444. The number of halogens is 3. The third kappa shape index (κ3) is 6.84. The number of amides is 1. The predicted molar refractivity (Wildman–Crippen MR) is 140 cm³/mol. The highest BCUT2D eigenvalue weighted by Gasteiger charge is 2.35. The van der Waals surface area contributed by atoms with Crippen LogP contribution in [-0.2, 0) is 19.6 Å². The van der Waals surface area contributed by atoms with E-state index in [2.05, 4.69) is 25.5 Å². The number of nitrogens with zero attached hydrogens (tertiary/aromatic N) is 3. The Morgan fingerprint density at radius 2 is 2.15 bits per heavy atom. The maximum Gasteiger partial charge on any atom is 0.251 e. The number of aliphatic hydroxyl groups excluding tert-OH is 1. The van der Waals surface area contributed by atoms with Crippen molar-refractivity contribution in [2.45, 2.75) is 51.0 Å². The van der Waals surface area contributed by atoms with Gasteiger partial charge >= 0.3 is 0 Å². The quantitative estimate of drug-likeness (QED) is 0.323. The molecule has 0 radical (unpaired) electrons. The van der Waals surface area contributed by atoms with Gasteiger partial charge in [0.1, 0.15) is 18.2 Å². The minimum absolute atomic E-state index is 0.0698. The van der Waals surface area contributed by atoms with Crippen LogP contribution in [0.4, 0.5) is 14.6 Å². The lowest BCUT2D eigenvalue weighted by Crippen LogP contribution is -2.42. The van der Waals surface area contributed by atoms with Crippen molar-refractivity contribution in [1.82, 2.24) is 20.2 Å². The molecule has 208 valence electrons. The second-order valence-electron chi connectivity index (χ2n) is 9.96. The van der Waals surface area contributed by atoms with Crippen molar-refractivity contribution in [2.75, 3.05) is 25.0 Å². The number of carbonyl (C=O) groups is 1. The van der Waals surface area contributed by atoms with E-state index in [1.165, 1.54) is 12.6 Å². The summed E-state index contributed by atoms with van der Waals surface area (Å²) in [5.74, 6) is 0.743. The molecule has 3 N–H and O–H groups in total. The van der Waals surface area contributed by atoms with Crippen molar-refractivity contribution in [3.63, 3.8) is 0 Å². The number of β-amino-alcohol motifs (C(OH)–C–C–N with tert-alkyl or cyclic N) is 1. The van der Waals surface area contributed by atoms with E-state index in [4.69, 9.17) is 20.8 Å². The highest BCUT2D eigenvalue weighted by molar-refractivity contribution is 6.33. The number of anilines is 1. The number of hydrogen-bond acceptors (Lipinski definition) is 8. The average molecular weight is 562 g/mol. The van der Waals surface area contributed by atoms with Gasteiger partial charge in [0.15, 0.2) is 12.2 Å². The number of oxazole rings is 1. The SMILES string of the molecule is O=C(NCC(O)CN1CCc2c(ccc(OCc3cnco3)c2Cl)C1)c1ccnc(NC2CC(C(F)F)C2)c1. The zero-order valence-electron chi connectivity index (χ0n) is 21.2. The van der Waals surface area contributed by atoms with Gasteiger partial charge in [-0.05, 0) is 48.6 Å². The molecule has 12 heteroatoms. The predicted octanol–water partition coefficient (Wildman–Crippen LogP) is 3.91. The van der Waals surface area contributed by atoms with Crippen molar-refractivity contribution in [2.24, 2.45) is 5.92 Å². The van der Waals surface area contributed by atoms with Crippen LogP contribution < -0.4 is 15.4 Å². The lowest BCUT2D eigenvalue weighted by atomic mass is 9.80. The van der Waals surface area contributed by atoms with Gasteiger partial charge in [-0.2, -0.15) is 0 Å². The van der Waals surface area contributed by atoms with Crippen LogP contribution in [0, 0.1) is 5.92 Å². The summed E-state index contributed by atoms with van der Waals surface area (Å²) in [5, 5.41) is 17.0. The summed E-state index contributed by atoms with van der Waals surface area (Å²) >= 11 is 6.61. The van der Waals surface area contributed by atoms with Crippen molar-refractivity contribution < 1.29 is 27.8 Å². The zero-order chi connectivity index (χ0) is 27.4. The van der Waals surface area contributed by atoms with E-state index in [1.54, 1.807) is 18.3 Å². The molecule has 3 aromatic rings. The van der Waals surface area contributed by atoms with E-state index in [-0.39, 0.29) is 25.1 Å². The second kappa shape index (κ2) is 12.3. The van der Waals surface area contributed by atoms with Crippen LogP contribution >= 0.6 is 11.6 Å². The third-order valence-corrected chi connectivity index (χ3v) is 7.52. The summed E-state index contributed by atoms with van der Waals surface area (Å²) in [6, 6.07) is 6.90. The molecular weight excluding hydrogens is 532 g/mol. The summed E-state index contributed by atoms with van der Waals surface area (Å²) < 4.78 is 36.4. The van der Waals surface area contributed by atoms with Gasteiger partial charge in [0, 0.05) is 49.9 Å². The molecule has 2 aromatic heterocycles. The summed E-state index contributed by atoms with van der Waals surface area (Å²) in [7, 11) is 0. The number of aromatic nitrogens is 2. The third-order valence-electron chi connectivity index (χ3n) is 7.10. The van der Waals surface area contributed by atoms with Gasteiger partial charge in [0.05, 0.1) is 17.3 Å². The van der Waals surface area contributed by atoms with Crippen molar-refractivity contribution in [3.8, 4) is 5.75 Å². The van der Waals surface area contributed by atoms with Crippen LogP contribution in [0.5, 0.6) is 5.75 Å². The van der Waals surface area contributed by atoms with E-state index in [0.29, 0.717) is 66.8 Å². The number of aliphatic hydroxyl groups is 1. The van der Waals surface area contributed by atoms with Gasteiger partial charge < -0.3 is 24.9 Å². The van der Waals surface area contributed by atoms with E-state index in [9.17, 15) is 18.7 Å². The Kier molecular flexibility index (Phi) is 8.59. The Morgan fingerprint density at radius 3 is 2.92 bits per heavy atom. The smallest absolute Gasteiger partial charge is 0.251 e. The molecular formula is C27H30ClF2N5O4. The maximum atomic E-state index is 12.7. The number of ether oxygens (including phenoxy) is 1. The number of pyridine rings is 1. The van der Waals surface area contributed by atoms with Gasteiger partial charge in [-0.1, -0.05) is 17.7 Å². The van der Waals surface area contributed by atoms with Crippen molar-refractivity contribution in [3.05, 3.63) is 70.5 Å². The van der Waals surface area contributed by atoms with E-state index in [0.717, 1.165) is 11.1 Å². The normalized spacial score (nSPS) is 19.7. The monoisotopic (exact) mass is 561 g/mol. The lowest BCUT2D eigenvalue weighted by molar-refractivity contribution is 0.0280. The molecule has 1 aromatic carbocycles. The molecule has 0 saturated heterocycles. The number of alkyl halides is 2. The van der Waals surface area contributed by atoms with E-state index >= 15 is 0 Å². The lowest BCUT2D eigenvalue weighted by Gasteiger charge is -2.35. The molecule has 1 aliphatic carbocycles. The largest absolute Gasteiger partial charge is 0.484 e. The van der Waals surface area contributed by atoms with Gasteiger partial charge in [-0.25, -0.2) is 18.7 Å². The summed E-state index contributed by atoms with van der Waals surface area (Å²) in [5.41, 5.74) is 2.48. The Balaban J connectivity index is 1.07. The Morgan fingerprint density at radius 1 is 1.31 bits per heavy atom. The average Bonchev–Trinajstić information content (AvgIpc) is 3.42. The fourth-order valence-corrected chi connectivity index (χ4v) is 5.23. The van der Waals surface area contributed by atoms with Gasteiger partial charge in [-0.3, -0.25) is 9.69 Å². The highest BCUT2D eigenvalue weighted by Crippen LogP contribution is 2.35. The van der Waals surface area contributed by atoms with Crippen LogP contribution in [-0.4, -0.2) is 64.1 Å². The number of rotatable bonds is 11.